The Morgan fingerprint density at radius 3 is 2.68 bits per heavy atom. The van der Waals surface area contributed by atoms with Crippen LogP contribution in [0.2, 0.25) is 5.02 Å². The third-order valence-corrected chi connectivity index (χ3v) is 6.70. The van der Waals surface area contributed by atoms with Gasteiger partial charge in [-0.05, 0) is 44.5 Å². The van der Waals surface area contributed by atoms with Crippen molar-refractivity contribution < 1.29 is 9.53 Å². The van der Waals surface area contributed by atoms with Crippen molar-refractivity contribution in [2.24, 2.45) is 0 Å². The summed E-state index contributed by atoms with van der Waals surface area (Å²) in [4.78, 5) is 17.3. The van der Waals surface area contributed by atoms with Gasteiger partial charge in [0.25, 0.3) is 0 Å². The van der Waals surface area contributed by atoms with E-state index in [9.17, 15) is 4.79 Å². The first-order valence-corrected chi connectivity index (χ1v) is 10.9. The summed E-state index contributed by atoms with van der Waals surface area (Å²) in [6.45, 7) is 6.78. The molecule has 156 valence electrons. The molecule has 1 aromatic rings. The van der Waals surface area contributed by atoms with Crippen LogP contribution in [0.3, 0.4) is 0 Å². The highest BCUT2D eigenvalue weighted by Gasteiger charge is 2.38. The Bertz CT molecular complexity index is 642. The minimum absolute atomic E-state index is 0.0922. The van der Waals surface area contributed by atoms with E-state index >= 15 is 0 Å². The summed E-state index contributed by atoms with van der Waals surface area (Å²) in [5.41, 5.74) is 1.23. The number of carbonyl (C=O) groups is 1. The van der Waals surface area contributed by atoms with E-state index in [1.165, 1.54) is 32.1 Å². The van der Waals surface area contributed by atoms with Crippen molar-refractivity contribution >= 4 is 17.5 Å². The third-order valence-electron chi connectivity index (χ3n) is 6.47. The molecule has 1 saturated carbocycles. The maximum atomic E-state index is 12.7. The molecule has 1 aliphatic carbocycles. The van der Waals surface area contributed by atoms with Crippen LogP contribution < -0.4 is 5.32 Å². The van der Waals surface area contributed by atoms with Gasteiger partial charge in [0, 0.05) is 36.2 Å². The molecule has 3 rings (SSSR count). The first-order chi connectivity index (χ1) is 13.5. The molecule has 1 aromatic carbocycles. The van der Waals surface area contributed by atoms with Crippen LogP contribution in [0.4, 0.5) is 0 Å². The van der Waals surface area contributed by atoms with Gasteiger partial charge in [-0.15, -0.1) is 0 Å². The van der Waals surface area contributed by atoms with Gasteiger partial charge in [-0.2, -0.15) is 0 Å². The fraction of sp³-hybridized carbons (Fsp3) is 0.682. The molecule has 1 unspecified atom stereocenters. The molecule has 1 heterocycles. The average Bonchev–Trinajstić information content (AvgIpc) is 2.73. The molecule has 0 bridgehead atoms. The van der Waals surface area contributed by atoms with E-state index in [1.54, 1.807) is 0 Å². The summed E-state index contributed by atoms with van der Waals surface area (Å²) in [5.74, 6) is 0.0922. The van der Waals surface area contributed by atoms with Crippen LogP contribution in [-0.4, -0.2) is 67.7 Å². The number of morpholine rings is 1. The van der Waals surface area contributed by atoms with Crippen molar-refractivity contribution in [1.29, 1.82) is 0 Å². The number of nitrogens with zero attached hydrogens (tertiary/aromatic N) is 2. The Morgan fingerprint density at radius 2 is 2.00 bits per heavy atom. The van der Waals surface area contributed by atoms with Crippen LogP contribution in [0, 0.1) is 0 Å². The van der Waals surface area contributed by atoms with Crippen molar-refractivity contribution in [3.63, 3.8) is 0 Å². The number of benzene rings is 1. The molecule has 6 heteroatoms. The van der Waals surface area contributed by atoms with Gasteiger partial charge in [0.2, 0.25) is 5.91 Å². The summed E-state index contributed by atoms with van der Waals surface area (Å²) in [6.07, 6.45) is 6.14. The monoisotopic (exact) mass is 407 g/mol. The second kappa shape index (κ2) is 10.1. The highest BCUT2D eigenvalue weighted by molar-refractivity contribution is 6.30. The van der Waals surface area contributed by atoms with Crippen LogP contribution >= 0.6 is 11.6 Å². The zero-order chi connectivity index (χ0) is 20.0. The van der Waals surface area contributed by atoms with Crippen LogP contribution in [0.5, 0.6) is 0 Å². The number of nitrogens with one attached hydrogen (secondary N) is 1. The number of ether oxygens (including phenoxy) is 1. The Kier molecular flexibility index (Phi) is 7.75. The quantitative estimate of drug-likeness (QED) is 0.751. The summed E-state index contributed by atoms with van der Waals surface area (Å²) in [6, 6.07) is 7.99. The summed E-state index contributed by atoms with van der Waals surface area (Å²) < 4.78 is 5.55. The lowest BCUT2D eigenvalue weighted by molar-refractivity contribution is -0.123. The average molecular weight is 408 g/mol. The van der Waals surface area contributed by atoms with E-state index < -0.39 is 0 Å². The van der Waals surface area contributed by atoms with Gasteiger partial charge in [-0.1, -0.05) is 43.0 Å². The van der Waals surface area contributed by atoms with Crippen molar-refractivity contribution in [3.8, 4) is 0 Å². The van der Waals surface area contributed by atoms with Crippen molar-refractivity contribution in [2.45, 2.75) is 50.6 Å². The molecule has 0 spiro atoms. The largest absolute Gasteiger partial charge is 0.379 e. The molecule has 1 atom stereocenters. The van der Waals surface area contributed by atoms with Gasteiger partial charge in [-0.25, -0.2) is 0 Å². The molecule has 5 nitrogen and oxygen atoms in total. The van der Waals surface area contributed by atoms with E-state index in [4.69, 9.17) is 16.3 Å². The third kappa shape index (κ3) is 5.47. The zero-order valence-corrected chi connectivity index (χ0v) is 18.0. The fourth-order valence-electron chi connectivity index (χ4n) is 4.56. The minimum atomic E-state index is 0.0922. The molecular formula is C22H34ClN3O2. The topological polar surface area (TPSA) is 44.8 Å². The van der Waals surface area contributed by atoms with E-state index in [1.807, 2.05) is 25.2 Å². The SMILES string of the molecule is CC(c1cccc(Cl)c1)N(C)CC(=O)NCC1(N2CCOCC2)CCCCC1. The van der Waals surface area contributed by atoms with Gasteiger partial charge < -0.3 is 10.1 Å². The molecule has 2 aliphatic rings. The number of amides is 1. The first kappa shape index (κ1) is 21.6. The second-order valence-corrected chi connectivity index (χ2v) is 8.74. The predicted molar refractivity (Wildman–Crippen MR) is 114 cm³/mol. The lowest BCUT2D eigenvalue weighted by Crippen LogP contribution is -2.60. The molecule has 28 heavy (non-hydrogen) atoms. The molecule has 1 N–H and O–H groups in total. The molecule has 0 radical (unpaired) electrons. The van der Waals surface area contributed by atoms with Gasteiger partial charge in [0.1, 0.15) is 0 Å². The standard InChI is InChI=1S/C22H34ClN3O2/c1-18(19-7-6-8-20(23)15-19)25(2)16-21(27)24-17-22(9-4-3-5-10-22)26-11-13-28-14-12-26/h6-8,15,18H,3-5,9-14,16-17H2,1-2H3,(H,24,27). The van der Waals surface area contributed by atoms with Gasteiger partial charge >= 0.3 is 0 Å². The normalized spacial score (nSPS) is 21.4. The molecule has 1 saturated heterocycles. The van der Waals surface area contributed by atoms with Gasteiger partial charge in [0.15, 0.2) is 0 Å². The molecule has 1 aliphatic heterocycles. The number of carbonyl (C=O) groups excluding carboxylic acids is 1. The highest BCUT2D eigenvalue weighted by Crippen LogP contribution is 2.34. The number of hydrogen-bond acceptors (Lipinski definition) is 4. The Balaban J connectivity index is 1.55. The van der Waals surface area contributed by atoms with Crippen LogP contribution in [-0.2, 0) is 9.53 Å². The van der Waals surface area contributed by atoms with E-state index in [-0.39, 0.29) is 17.5 Å². The number of halogens is 1. The maximum absolute atomic E-state index is 12.7. The molecule has 1 amide bonds. The molecule has 0 aromatic heterocycles. The summed E-state index contributed by atoms with van der Waals surface area (Å²) in [5, 5.41) is 3.98. The van der Waals surface area contributed by atoms with Crippen molar-refractivity contribution in [2.75, 3.05) is 46.4 Å². The number of likely N-dealkylation sites (N-methyl/N-ethyl adjacent to an activating group) is 1. The molecular weight excluding hydrogens is 374 g/mol. The maximum Gasteiger partial charge on any atom is 0.234 e. The predicted octanol–water partition coefficient (Wildman–Crippen LogP) is 3.48. The fourth-order valence-corrected chi connectivity index (χ4v) is 4.75. The number of hydrogen-bond donors (Lipinski definition) is 1. The smallest absolute Gasteiger partial charge is 0.234 e. The van der Waals surface area contributed by atoms with E-state index in [0.717, 1.165) is 43.4 Å². The summed E-state index contributed by atoms with van der Waals surface area (Å²) in [7, 11) is 1.99. The highest BCUT2D eigenvalue weighted by atomic mass is 35.5. The van der Waals surface area contributed by atoms with Crippen molar-refractivity contribution in [3.05, 3.63) is 34.9 Å². The van der Waals surface area contributed by atoms with E-state index in [0.29, 0.717) is 6.54 Å². The molecule has 2 fully saturated rings. The lowest BCUT2D eigenvalue weighted by atomic mass is 9.79. The second-order valence-electron chi connectivity index (χ2n) is 8.31. The van der Waals surface area contributed by atoms with Crippen LogP contribution in [0.15, 0.2) is 24.3 Å². The van der Waals surface area contributed by atoms with Gasteiger partial charge in [-0.3, -0.25) is 14.6 Å². The summed E-state index contributed by atoms with van der Waals surface area (Å²) >= 11 is 6.11. The Labute approximate surface area is 174 Å². The van der Waals surface area contributed by atoms with Crippen LogP contribution in [0.1, 0.15) is 50.6 Å². The first-order valence-electron chi connectivity index (χ1n) is 10.6. The van der Waals surface area contributed by atoms with E-state index in [2.05, 4.69) is 28.1 Å². The lowest BCUT2D eigenvalue weighted by Gasteiger charge is -2.48. The van der Waals surface area contributed by atoms with Crippen LogP contribution in [0.25, 0.3) is 0 Å². The number of rotatable bonds is 7. The Morgan fingerprint density at radius 1 is 1.29 bits per heavy atom. The zero-order valence-electron chi connectivity index (χ0n) is 17.3. The minimum Gasteiger partial charge on any atom is -0.379 e. The Hall–Kier alpha value is -1.14. The van der Waals surface area contributed by atoms with Crippen molar-refractivity contribution in [1.82, 2.24) is 15.1 Å². The van der Waals surface area contributed by atoms with Gasteiger partial charge in [0.05, 0.1) is 19.8 Å².